The van der Waals surface area contributed by atoms with Gasteiger partial charge < -0.3 is 5.32 Å². The number of halogens is 2. The maximum Gasteiger partial charge on any atom is 0.224 e. The molecule has 1 amide bonds. The van der Waals surface area contributed by atoms with Gasteiger partial charge in [-0.2, -0.15) is 0 Å². The van der Waals surface area contributed by atoms with Gasteiger partial charge in [-0.25, -0.2) is 0 Å². The van der Waals surface area contributed by atoms with E-state index in [0.717, 1.165) is 22.9 Å². The molecule has 0 bridgehead atoms. The van der Waals surface area contributed by atoms with Gasteiger partial charge in [0.05, 0.1) is 6.42 Å². The first kappa shape index (κ1) is 14.9. The van der Waals surface area contributed by atoms with Crippen LogP contribution in [-0.4, -0.2) is 18.3 Å². The molecule has 0 radical (unpaired) electrons. The summed E-state index contributed by atoms with van der Waals surface area (Å²) >= 11 is 9.46. The molecule has 0 heterocycles. The fourth-order valence-electron chi connectivity index (χ4n) is 2.62. The molecule has 1 aromatic rings. The Morgan fingerprint density at radius 1 is 1.26 bits per heavy atom. The monoisotopic (exact) mass is 343 g/mol. The van der Waals surface area contributed by atoms with E-state index in [0.29, 0.717) is 18.8 Å². The molecule has 1 saturated carbocycles. The van der Waals surface area contributed by atoms with E-state index in [1.165, 1.54) is 12.8 Å². The average Bonchev–Trinajstić information content (AvgIpc) is 2.89. The van der Waals surface area contributed by atoms with Crippen LogP contribution in [0, 0.1) is 5.41 Å². The van der Waals surface area contributed by atoms with Crippen LogP contribution in [-0.2, 0) is 11.2 Å². The summed E-state index contributed by atoms with van der Waals surface area (Å²) in [5.41, 5.74) is 1.17. The van der Waals surface area contributed by atoms with Gasteiger partial charge in [-0.3, -0.25) is 4.79 Å². The van der Waals surface area contributed by atoms with Gasteiger partial charge >= 0.3 is 0 Å². The SMILES string of the molecule is O=C(Cc1ccc(Br)cc1)NCC1(CCl)CCCC1. The molecule has 0 saturated heterocycles. The highest BCUT2D eigenvalue weighted by Crippen LogP contribution is 2.38. The summed E-state index contributed by atoms with van der Waals surface area (Å²) in [4.78, 5) is 11.9. The maximum absolute atomic E-state index is 11.9. The Hall–Kier alpha value is -0.540. The zero-order valence-corrected chi connectivity index (χ0v) is 13.3. The second kappa shape index (κ2) is 6.76. The molecule has 0 spiro atoms. The highest BCUT2D eigenvalue weighted by atomic mass is 79.9. The highest BCUT2D eigenvalue weighted by molar-refractivity contribution is 9.10. The van der Waals surface area contributed by atoms with E-state index >= 15 is 0 Å². The summed E-state index contributed by atoms with van der Waals surface area (Å²) < 4.78 is 1.03. The summed E-state index contributed by atoms with van der Waals surface area (Å²) in [6.45, 7) is 0.714. The van der Waals surface area contributed by atoms with E-state index in [2.05, 4.69) is 21.2 Å². The molecule has 0 unspecified atom stereocenters. The van der Waals surface area contributed by atoms with E-state index in [1.54, 1.807) is 0 Å². The summed E-state index contributed by atoms with van der Waals surface area (Å²) in [6, 6.07) is 7.85. The molecule has 2 rings (SSSR count). The largest absolute Gasteiger partial charge is 0.355 e. The highest BCUT2D eigenvalue weighted by Gasteiger charge is 2.33. The van der Waals surface area contributed by atoms with Crippen molar-refractivity contribution in [3.8, 4) is 0 Å². The van der Waals surface area contributed by atoms with Gasteiger partial charge in [0, 0.05) is 22.3 Å². The Bertz CT molecular complexity index is 426. The number of carbonyl (C=O) groups excluding carboxylic acids is 1. The number of rotatable bonds is 5. The van der Waals surface area contributed by atoms with Gasteiger partial charge in [0.15, 0.2) is 0 Å². The first-order valence-electron chi connectivity index (χ1n) is 6.71. The molecular weight excluding hydrogens is 326 g/mol. The molecular formula is C15H19BrClNO. The third-order valence-corrected chi connectivity index (χ3v) is 4.98. The molecule has 0 aromatic heterocycles. The van der Waals surface area contributed by atoms with Gasteiger partial charge in [-0.1, -0.05) is 40.9 Å². The van der Waals surface area contributed by atoms with Crippen molar-refractivity contribution in [2.45, 2.75) is 32.1 Å². The van der Waals surface area contributed by atoms with Crippen molar-refractivity contribution in [3.05, 3.63) is 34.3 Å². The Balaban J connectivity index is 1.82. The fraction of sp³-hybridized carbons (Fsp3) is 0.533. The number of hydrogen-bond acceptors (Lipinski definition) is 1. The first-order chi connectivity index (χ1) is 9.13. The third kappa shape index (κ3) is 4.22. The lowest BCUT2D eigenvalue weighted by molar-refractivity contribution is -0.120. The standard InChI is InChI=1S/C15H19BrClNO/c16-13-5-3-12(4-6-13)9-14(19)18-11-15(10-17)7-1-2-8-15/h3-6H,1-2,7-11H2,(H,18,19). The molecule has 1 fully saturated rings. The number of hydrogen-bond donors (Lipinski definition) is 1. The van der Waals surface area contributed by atoms with Crippen molar-refractivity contribution in [1.82, 2.24) is 5.32 Å². The van der Waals surface area contributed by atoms with Crippen LogP contribution >= 0.6 is 27.5 Å². The lowest BCUT2D eigenvalue weighted by Crippen LogP contribution is -2.37. The lowest BCUT2D eigenvalue weighted by Gasteiger charge is -2.26. The quantitative estimate of drug-likeness (QED) is 0.806. The van der Waals surface area contributed by atoms with Gasteiger partial charge in [0.1, 0.15) is 0 Å². The fourth-order valence-corrected chi connectivity index (χ4v) is 3.24. The first-order valence-corrected chi connectivity index (χ1v) is 8.03. The topological polar surface area (TPSA) is 29.1 Å². The minimum absolute atomic E-state index is 0.0821. The minimum Gasteiger partial charge on any atom is -0.355 e. The number of carbonyl (C=O) groups is 1. The van der Waals surface area contributed by atoms with Crippen LogP contribution in [0.4, 0.5) is 0 Å². The Morgan fingerprint density at radius 3 is 2.47 bits per heavy atom. The predicted octanol–water partition coefficient (Wildman–Crippen LogP) is 3.91. The van der Waals surface area contributed by atoms with Crippen molar-refractivity contribution >= 4 is 33.4 Å². The molecule has 1 N–H and O–H groups in total. The molecule has 4 heteroatoms. The summed E-state index contributed by atoms with van der Waals surface area (Å²) in [6.07, 6.45) is 5.17. The van der Waals surface area contributed by atoms with Crippen LogP contribution < -0.4 is 5.32 Å². The molecule has 1 aliphatic rings. The molecule has 0 atom stereocenters. The van der Waals surface area contributed by atoms with Crippen molar-refractivity contribution in [2.75, 3.05) is 12.4 Å². The van der Waals surface area contributed by atoms with Crippen LogP contribution in [0.2, 0.25) is 0 Å². The normalized spacial score (nSPS) is 17.4. The van der Waals surface area contributed by atoms with Crippen molar-refractivity contribution in [1.29, 1.82) is 0 Å². The number of alkyl halides is 1. The van der Waals surface area contributed by atoms with E-state index in [4.69, 9.17) is 11.6 Å². The maximum atomic E-state index is 11.9. The minimum atomic E-state index is 0.0821. The number of amides is 1. The zero-order valence-electron chi connectivity index (χ0n) is 10.9. The Morgan fingerprint density at radius 2 is 1.89 bits per heavy atom. The average molecular weight is 345 g/mol. The van der Waals surface area contributed by atoms with Crippen molar-refractivity contribution in [2.24, 2.45) is 5.41 Å². The van der Waals surface area contributed by atoms with Gasteiger partial charge in [-0.15, -0.1) is 11.6 Å². The molecule has 1 aromatic carbocycles. The second-order valence-electron chi connectivity index (χ2n) is 5.42. The van der Waals surface area contributed by atoms with Gasteiger partial charge in [0.2, 0.25) is 5.91 Å². The van der Waals surface area contributed by atoms with Gasteiger partial charge in [0.25, 0.3) is 0 Å². The zero-order chi connectivity index (χ0) is 13.7. The number of benzene rings is 1. The molecule has 2 nitrogen and oxygen atoms in total. The van der Waals surface area contributed by atoms with Crippen LogP contribution in [0.25, 0.3) is 0 Å². The van der Waals surface area contributed by atoms with Crippen LogP contribution in [0.3, 0.4) is 0 Å². The smallest absolute Gasteiger partial charge is 0.224 e. The summed E-state index contributed by atoms with van der Waals surface area (Å²) in [5.74, 6) is 0.727. The lowest BCUT2D eigenvalue weighted by atomic mass is 9.88. The Labute approximate surface area is 128 Å². The van der Waals surface area contributed by atoms with Gasteiger partial charge in [-0.05, 0) is 30.5 Å². The number of nitrogens with one attached hydrogen (secondary N) is 1. The van der Waals surface area contributed by atoms with E-state index in [-0.39, 0.29) is 11.3 Å². The van der Waals surface area contributed by atoms with E-state index in [1.807, 2.05) is 24.3 Å². The van der Waals surface area contributed by atoms with Crippen LogP contribution in [0.15, 0.2) is 28.7 Å². The molecule has 19 heavy (non-hydrogen) atoms. The molecule has 1 aliphatic carbocycles. The second-order valence-corrected chi connectivity index (χ2v) is 6.60. The summed E-state index contributed by atoms with van der Waals surface area (Å²) in [5, 5.41) is 3.04. The predicted molar refractivity (Wildman–Crippen MR) is 82.5 cm³/mol. The van der Waals surface area contributed by atoms with E-state index < -0.39 is 0 Å². The van der Waals surface area contributed by atoms with Crippen LogP contribution in [0.5, 0.6) is 0 Å². The third-order valence-electron chi connectivity index (χ3n) is 3.89. The van der Waals surface area contributed by atoms with Crippen molar-refractivity contribution in [3.63, 3.8) is 0 Å². The molecule has 104 valence electrons. The summed E-state index contributed by atoms with van der Waals surface area (Å²) in [7, 11) is 0. The van der Waals surface area contributed by atoms with Crippen LogP contribution in [0.1, 0.15) is 31.2 Å². The Kier molecular flexibility index (Phi) is 5.28. The van der Waals surface area contributed by atoms with E-state index in [9.17, 15) is 4.79 Å². The molecule has 0 aliphatic heterocycles. The van der Waals surface area contributed by atoms with Crippen molar-refractivity contribution < 1.29 is 4.79 Å².